The molecular formula is C14H15N3O2. The fraction of sp³-hybridized carbons (Fsp3) is 0.286. The summed E-state index contributed by atoms with van der Waals surface area (Å²) in [7, 11) is 0. The zero-order chi connectivity index (χ0) is 13.2. The highest BCUT2D eigenvalue weighted by atomic mass is 16.5. The Balaban J connectivity index is 2.21. The maximum atomic E-state index is 11.9. The molecule has 2 N–H and O–H groups in total. The first-order valence-electron chi connectivity index (χ1n) is 6.37. The number of carbonyl (C=O) groups excluding carboxylic acids is 1. The molecule has 0 bridgehead atoms. The number of fused-ring (bicyclic) bond motifs is 3. The molecule has 1 aliphatic heterocycles. The van der Waals surface area contributed by atoms with Crippen LogP contribution in [0.5, 0.6) is 5.75 Å². The third-order valence-electron chi connectivity index (χ3n) is 3.11. The van der Waals surface area contributed by atoms with E-state index in [1.54, 1.807) is 6.20 Å². The second-order valence-electron chi connectivity index (χ2n) is 4.34. The smallest absolute Gasteiger partial charge is 0.255 e. The normalized spacial score (nSPS) is 14.3. The predicted octanol–water partition coefficient (Wildman–Crippen LogP) is 1.79. The van der Waals surface area contributed by atoms with E-state index in [4.69, 9.17) is 4.74 Å². The minimum atomic E-state index is -0.0868. The fourth-order valence-electron chi connectivity index (χ4n) is 2.25. The summed E-state index contributed by atoms with van der Waals surface area (Å²) in [5.41, 5.74) is 2.27. The molecule has 0 saturated carbocycles. The number of hydrogen-bond donors (Lipinski definition) is 2. The van der Waals surface area contributed by atoms with Crippen LogP contribution in [0.15, 0.2) is 24.4 Å². The Morgan fingerprint density at radius 2 is 2.16 bits per heavy atom. The Morgan fingerprint density at radius 3 is 3.00 bits per heavy atom. The molecule has 0 radical (unpaired) electrons. The zero-order valence-corrected chi connectivity index (χ0v) is 10.7. The van der Waals surface area contributed by atoms with Crippen molar-refractivity contribution in [3.05, 3.63) is 30.0 Å². The third-order valence-corrected chi connectivity index (χ3v) is 3.11. The van der Waals surface area contributed by atoms with Crippen molar-refractivity contribution in [2.24, 2.45) is 0 Å². The topological polar surface area (TPSA) is 63.2 Å². The second kappa shape index (κ2) is 4.76. The van der Waals surface area contributed by atoms with Gasteiger partial charge in [0.2, 0.25) is 0 Å². The van der Waals surface area contributed by atoms with Gasteiger partial charge in [0.15, 0.2) is 0 Å². The molecule has 0 aliphatic carbocycles. The number of pyridine rings is 1. The quantitative estimate of drug-likeness (QED) is 0.861. The van der Waals surface area contributed by atoms with Crippen LogP contribution in [0.4, 0.5) is 5.69 Å². The lowest BCUT2D eigenvalue weighted by molar-refractivity contribution is 0.0958. The summed E-state index contributed by atoms with van der Waals surface area (Å²) in [6, 6.07) is 5.73. The van der Waals surface area contributed by atoms with Crippen molar-refractivity contribution >= 4 is 22.5 Å². The molecule has 5 nitrogen and oxygen atoms in total. The maximum Gasteiger partial charge on any atom is 0.255 e. The van der Waals surface area contributed by atoms with Gasteiger partial charge in [0.05, 0.1) is 23.4 Å². The average molecular weight is 257 g/mol. The molecule has 1 aromatic heterocycles. The Hall–Kier alpha value is -2.30. The highest BCUT2D eigenvalue weighted by molar-refractivity contribution is 6.07. The Morgan fingerprint density at radius 1 is 1.32 bits per heavy atom. The van der Waals surface area contributed by atoms with Crippen LogP contribution in [-0.2, 0) is 0 Å². The number of nitrogens with zero attached hydrogens (tertiary/aromatic N) is 1. The van der Waals surface area contributed by atoms with Crippen molar-refractivity contribution in [3.8, 4) is 5.75 Å². The summed E-state index contributed by atoms with van der Waals surface area (Å²) in [4.78, 5) is 16.3. The minimum absolute atomic E-state index is 0.0868. The number of benzene rings is 1. The number of ether oxygens (including phenoxy) is 1. The number of carbonyl (C=O) groups is 1. The summed E-state index contributed by atoms with van der Waals surface area (Å²) < 4.78 is 5.51. The van der Waals surface area contributed by atoms with E-state index < -0.39 is 0 Å². The zero-order valence-electron chi connectivity index (χ0n) is 10.7. The number of nitrogens with one attached hydrogen (secondary N) is 2. The molecule has 1 aromatic carbocycles. The van der Waals surface area contributed by atoms with Crippen molar-refractivity contribution in [1.29, 1.82) is 0 Å². The Labute approximate surface area is 111 Å². The van der Waals surface area contributed by atoms with Crippen molar-refractivity contribution in [2.75, 3.05) is 25.0 Å². The highest BCUT2D eigenvalue weighted by Crippen LogP contribution is 2.29. The lowest BCUT2D eigenvalue weighted by Gasteiger charge is -2.11. The first-order chi connectivity index (χ1) is 9.29. The molecule has 0 fully saturated rings. The molecular weight excluding hydrogens is 242 g/mol. The van der Waals surface area contributed by atoms with E-state index in [-0.39, 0.29) is 5.91 Å². The number of hydrogen-bond acceptors (Lipinski definition) is 4. The molecule has 2 aromatic rings. The van der Waals surface area contributed by atoms with E-state index in [2.05, 4.69) is 15.6 Å². The van der Waals surface area contributed by atoms with Crippen LogP contribution < -0.4 is 15.4 Å². The Bertz CT molecular complexity index is 640. The Kier molecular flexibility index (Phi) is 2.95. The lowest BCUT2D eigenvalue weighted by Crippen LogP contribution is -2.24. The third kappa shape index (κ3) is 2.07. The summed E-state index contributed by atoms with van der Waals surface area (Å²) in [5.74, 6) is 0.702. The van der Waals surface area contributed by atoms with E-state index in [1.807, 2.05) is 25.1 Å². The number of aromatic nitrogens is 1. The van der Waals surface area contributed by atoms with Gasteiger partial charge in [-0.05, 0) is 25.1 Å². The van der Waals surface area contributed by atoms with E-state index in [0.29, 0.717) is 25.3 Å². The standard InChI is InChI=1S/C14H15N3O2/c1-2-19-9-3-4-12-10(7-9)13-11(8-17-12)14(18)16-6-5-15-13/h3-4,7-8,15H,2,5-6H2,1H3,(H,16,18). The molecule has 1 aliphatic rings. The SMILES string of the molecule is CCOc1ccc2ncc3c(c2c1)NCCNC3=O. The van der Waals surface area contributed by atoms with Gasteiger partial charge in [-0.15, -0.1) is 0 Å². The average Bonchev–Trinajstić information content (AvgIpc) is 2.61. The molecule has 0 spiro atoms. The first kappa shape index (κ1) is 11.8. The van der Waals surface area contributed by atoms with Gasteiger partial charge in [-0.2, -0.15) is 0 Å². The molecule has 1 amide bonds. The van der Waals surface area contributed by atoms with Gasteiger partial charge in [0.25, 0.3) is 5.91 Å². The summed E-state index contributed by atoms with van der Waals surface area (Å²) in [5, 5.41) is 7.04. The van der Waals surface area contributed by atoms with Gasteiger partial charge >= 0.3 is 0 Å². The minimum Gasteiger partial charge on any atom is -0.494 e. The van der Waals surface area contributed by atoms with Gasteiger partial charge in [-0.3, -0.25) is 9.78 Å². The summed E-state index contributed by atoms with van der Waals surface area (Å²) in [6.07, 6.45) is 1.62. The van der Waals surface area contributed by atoms with Crippen LogP contribution in [0.1, 0.15) is 17.3 Å². The van der Waals surface area contributed by atoms with Crippen molar-refractivity contribution in [1.82, 2.24) is 10.3 Å². The van der Waals surface area contributed by atoms with Crippen molar-refractivity contribution < 1.29 is 9.53 Å². The van der Waals surface area contributed by atoms with Crippen LogP contribution in [0.25, 0.3) is 10.9 Å². The monoisotopic (exact) mass is 257 g/mol. The van der Waals surface area contributed by atoms with E-state index in [9.17, 15) is 4.79 Å². The van der Waals surface area contributed by atoms with Gasteiger partial charge in [0.1, 0.15) is 5.75 Å². The van der Waals surface area contributed by atoms with E-state index in [1.165, 1.54) is 0 Å². The molecule has 2 heterocycles. The number of amides is 1. The van der Waals surface area contributed by atoms with Gasteiger partial charge in [0, 0.05) is 24.7 Å². The van der Waals surface area contributed by atoms with E-state index in [0.717, 1.165) is 22.3 Å². The fourth-order valence-corrected chi connectivity index (χ4v) is 2.25. The largest absolute Gasteiger partial charge is 0.494 e. The molecule has 0 saturated heterocycles. The molecule has 98 valence electrons. The molecule has 5 heteroatoms. The highest BCUT2D eigenvalue weighted by Gasteiger charge is 2.18. The number of anilines is 1. The maximum absolute atomic E-state index is 11.9. The van der Waals surface area contributed by atoms with Crippen LogP contribution in [0.3, 0.4) is 0 Å². The van der Waals surface area contributed by atoms with Crippen molar-refractivity contribution in [3.63, 3.8) is 0 Å². The molecule has 0 unspecified atom stereocenters. The summed E-state index contributed by atoms with van der Waals surface area (Å²) in [6.45, 7) is 3.87. The van der Waals surface area contributed by atoms with Crippen LogP contribution in [0, 0.1) is 0 Å². The van der Waals surface area contributed by atoms with Gasteiger partial charge < -0.3 is 15.4 Å². The van der Waals surface area contributed by atoms with Gasteiger partial charge in [-0.25, -0.2) is 0 Å². The lowest BCUT2D eigenvalue weighted by atomic mass is 10.1. The molecule has 3 rings (SSSR count). The summed E-state index contributed by atoms with van der Waals surface area (Å²) >= 11 is 0. The van der Waals surface area contributed by atoms with Gasteiger partial charge in [-0.1, -0.05) is 0 Å². The van der Waals surface area contributed by atoms with Crippen LogP contribution in [0.2, 0.25) is 0 Å². The van der Waals surface area contributed by atoms with Crippen LogP contribution >= 0.6 is 0 Å². The first-order valence-corrected chi connectivity index (χ1v) is 6.37. The number of rotatable bonds is 2. The second-order valence-corrected chi connectivity index (χ2v) is 4.34. The molecule has 0 atom stereocenters. The van der Waals surface area contributed by atoms with Crippen LogP contribution in [-0.4, -0.2) is 30.6 Å². The molecule has 19 heavy (non-hydrogen) atoms. The van der Waals surface area contributed by atoms with E-state index >= 15 is 0 Å². The predicted molar refractivity (Wildman–Crippen MR) is 73.7 cm³/mol. The van der Waals surface area contributed by atoms with Crippen molar-refractivity contribution in [2.45, 2.75) is 6.92 Å².